The van der Waals surface area contributed by atoms with Gasteiger partial charge in [0.15, 0.2) is 0 Å². The molecule has 3 nitrogen and oxygen atoms in total. The predicted molar refractivity (Wildman–Crippen MR) is 77.6 cm³/mol. The van der Waals surface area contributed by atoms with Crippen molar-refractivity contribution < 1.29 is 0 Å². The lowest BCUT2D eigenvalue weighted by atomic mass is 10.0. The molecule has 1 aliphatic rings. The van der Waals surface area contributed by atoms with Crippen molar-refractivity contribution in [3.05, 3.63) is 23.8 Å². The summed E-state index contributed by atoms with van der Waals surface area (Å²) in [5.74, 6) is 1.95. The van der Waals surface area contributed by atoms with E-state index in [2.05, 4.69) is 22.2 Å². The maximum absolute atomic E-state index is 4.60. The first kappa shape index (κ1) is 13.8. The summed E-state index contributed by atoms with van der Waals surface area (Å²) in [4.78, 5) is 8.97. The minimum atomic E-state index is 0.833. The number of nitrogens with one attached hydrogen (secondary N) is 1. The van der Waals surface area contributed by atoms with Crippen molar-refractivity contribution in [3.63, 3.8) is 0 Å². The third-order valence-electron chi connectivity index (χ3n) is 3.32. The number of hydrogen-bond acceptors (Lipinski definition) is 4. The van der Waals surface area contributed by atoms with Crippen molar-refractivity contribution in [2.45, 2.75) is 56.6 Å². The van der Waals surface area contributed by atoms with E-state index < -0.39 is 0 Å². The SMILES string of the molecule is CCNCc1ccnc(CSC2CCCCC2)n1. The molecule has 2 rings (SSSR count). The first-order chi connectivity index (χ1) is 8.88. The first-order valence-electron chi connectivity index (χ1n) is 7.01. The van der Waals surface area contributed by atoms with E-state index in [0.717, 1.165) is 35.6 Å². The summed E-state index contributed by atoms with van der Waals surface area (Å²) in [6, 6.07) is 2.00. The lowest BCUT2D eigenvalue weighted by molar-refractivity contribution is 0.516. The van der Waals surface area contributed by atoms with Crippen molar-refractivity contribution in [1.82, 2.24) is 15.3 Å². The highest BCUT2D eigenvalue weighted by atomic mass is 32.2. The van der Waals surface area contributed by atoms with E-state index in [0.29, 0.717) is 0 Å². The van der Waals surface area contributed by atoms with Gasteiger partial charge in [-0.2, -0.15) is 11.8 Å². The normalized spacial score (nSPS) is 16.9. The Kier molecular flexibility index (Phi) is 5.94. The van der Waals surface area contributed by atoms with Crippen LogP contribution in [0.3, 0.4) is 0 Å². The van der Waals surface area contributed by atoms with Crippen LogP contribution in [0.5, 0.6) is 0 Å². The van der Waals surface area contributed by atoms with Crippen molar-refractivity contribution in [2.24, 2.45) is 0 Å². The van der Waals surface area contributed by atoms with Gasteiger partial charge >= 0.3 is 0 Å². The summed E-state index contributed by atoms with van der Waals surface area (Å²) < 4.78 is 0. The quantitative estimate of drug-likeness (QED) is 0.857. The van der Waals surface area contributed by atoms with E-state index in [4.69, 9.17) is 0 Å². The molecule has 0 saturated heterocycles. The Bertz CT molecular complexity index is 351. The summed E-state index contributed by atoms with van der Waals surface area (Å²) >= 11 is 2.04. The van der Waals surface area contributed by atoms with Gasteiger partial charge in [0, 0.05) is 18.0 Å². The fourth-order valence-corrected chi connectivity index (χ4v) is 3.48. The lowest BCUT2D eigenvalue weighted by Crippen LogP contribution is -2.14. The minimum Gasteiger partial charge on any atom is -0.311 e. The van der Waals surface area contributed by atoms with Crippen LogP contribution in [0.1, 0.15) is 50.5 Å². The van der Waals surface area contributed by atoms with Crippen LogP contribution < -0.4 is 5.32 Å². The molecule has 1 aromatic heterocycles. The van der Waals surface area contributed by atoms with E-state index in [1.54, 1.807) is 0 Å². The Hall–Kier alpha value is -0.610. The lowest BCUT2D eigenvalue weighted by Gasteiger charge is -2.20. The van der Waals surface area contributed by atoms with Crippen LogP contribution in [0, 0.1) is 0 Å². The zero-order valence-electron chi connectivity index (χ0n) is 11.2. The first-order valence-corrected chi connectivity index (χ1v) is 8.06. The van der Waals surface area contributed by atoms with E-state index in [-0.39, 0.29) is 0 Å². The topological polar surface area (TPSA) is 37.8 Å². The zero-order chi connectivity index (χ0) is 12.6. The third-order valence-corrected chi connectivity index (χ3v) is 4.69. The van der Waals surface area contributed by atoms with Crippen LogP contribution in [-0.4, -0.2) is 21.8 Å². The number of thioether (sulfide) groups is 1. The average molecular weight is 265 g/mol. The number of aromatic nitrogens is 2. The Balaban J connectivity index is 1.80. The molecule has 1 fully saturated rings. The summed E-state index contributed by atoms with van der Waals surface area (Å²) in [6.07, 6.45) is 8.86. The van der Waals surface area contributed by atoms with Crippen LogP contribution in [0.4, 0.5) is 0 Å². The van der Waals surface area contributed by atoms with Crippen LogP contribution in [-0.2, 0) is 12.3 Å². The van der Waals surface area contributed by atoms with Gasteiger partial charge in [-0.15, -0.1) is 0 Å². The highest BCUT2D eigenvalue weighted by molar-refractivity contribution is 7.99. The van der Waals surface area contributed by atoms with Gasteiger partial charge in [0.05, 0.1) is 11.4 Å². The van der Waals surface area contributed by atoms with Gasteiger partial charge < -0.3 is 5.32 Å². The Morgan fingerprint density at radius 1 is 1.33 bits per heavy atom. The molecule has 1 aromatic rings. The molecule has 0 aromatic carbocycles. The van der Waals surface area contributed by atoms with Crippen molar-refractivity contribution in [2.75, 3.05) is 6.54 Å². The zero-order valence-corrected chi connectivity index (χ0v) is 12.0. The summed E-state index contributed by atoms with van der Waals surface area (Å²) in [7, 11) is 0. The van der Waals surface area contributed by atoms with Crippen LogP contribution >= 0.6 is 11.8 Å². The maximum Gasteiger partial charge on any atom is 0.138 e. The minimum absolute atomic E-state index is 0.833. The molecular weight excluding hydrogens is 242 g/mol. The molecule has 0 spiro atoms. The van der Waals surface area contributed by atoms with Gasteiger partial charge in [-0.25, -0.2) is 9.97 Å². The monoisotopic (exact) mass is 265 g/mol. The average Bonchev–Trinajstić information content (AvgIpc) is 2.44. The number of nitrogens with zero attached hydrogens (tertiary/aromatic N) is 2. The van der Waals surface area contributed by atoms with Gasteiger partial charge in [0.2, 0.25) is 0 Å². The predicted octanol–water partition coefficient (Wildman–Crippen LogP) is 3.15. The van der Waals surface area contributed by atoms with Gasteiger partial charge in [-0.3, -0.25) is 0 Å². The Morgan fingerprint density at radius 2 is 2.17 bits per heavy atom. The fraction of sp³-hybridized carbons (Fsp3) is 0.714. The van der Waals surface area contributed by atoms with E-state index >= 15 is 0 Å². The second kappa shape index (κ2) is 7.74. The Labute approximate surface area is 114 Å². The largest absolute Gasteiger partial charge is 0.311 e. The molecule has 0 radical (unpaired) electrons. The molecule has 4 heteroatoms. The number of rotatable bonds is 6. The van der Waals surface area contributed by atoms with Crippen LogP contribution in [0.15, 0.2) is 12.3 Å². The molecule has 0 unspecified atom stereocenters. The highest BCUT2D eigenvalue weighted by Gasteiger charge is 2.14. The molecule has 1 heterocycles. The van der Waals surface area contributed by atoms with Gasteiger partial charge in [-0.1, -0.05) is 26.2 Å². The van der Waals surface area contributed by atoms with Crippen LogP contribution in [0.2, 0.25) is 0 Å². The molecule has 1 saturated carbocycles. The van der Waals surface area contributed by atoms with E-state index in [1.165, 1.54) is 32.1 Å². The van der Waals surface area contributed by atoms with Crippen molar-refractivity contribution in [1.29, 1.82) is 0 Å². The molecular formula is C14H23N3S. The van der Waals surface area contributed by atoms with E-state index in [9.17, 15) is 0 Å². The van der Waals surface area contributed by atoms with Crippen LogP contribution in [0.25, 0.3) is 0 Å². The number of hydrogen-bond donors (Lipinski definition) is 1. The van der Waals surface area contributed by atoms with Gasteiger partial charge in [0.25, 0.3) is 0 Å². The van der Waals surface area contributed by atoms with Gasteiger partial charge in [0.1, 0.15) is 5.82 Å². The van der Waals surface area contributed by atoms with Crippen molar-refractivity contribution in [3.8, 4) is 0 Å². The molecule has 1 N–H and O–H groups in total. The maximum atomic E-state index is 4.60. The molecule has 0 atom stereocenters. The molecule has 0 aliphatic heterocycles. The summed E-state index contributed by atoms with van der Waals surface area (Å²) in [5.41, 5.74) is 1.10. The molecule has 0 bridgehead atoms. The van der Waals surface area contributed by atoms with Gasteiger partial charge in [-0.05, 0) is 25.5 Å². The molecule has 1 aliphatic carbocycles. The summed E-state index contributed by atoms with van der Waals surface area (Å²) in [5, 5.41) is 4.13. The fourth-order valence-electron chi connectivity index (χ4n) is 2.29. The third kappa shape index (κ3) is 4.58. The van der Waals surface area contributed by atoms with E-state index in [1.807, 2.05) is 24.0 Å². The molecule has 18 heavy (non-hydrogen) atoms. The second-order valence-electron chi connectivity index (χ2n) is 4.82. The molecule has 100 valence electrons. The molecule has 0 amide bonds. The Morgan fingerprint density at radius 3 is 2.94 bits per heavy atom. The summed E-state index contributed by atoms with van der Waals surface area (Å²) in [6.45, 7) is 3.94. The standard InChI is InChI=1S/C14H23N3S/c1-2-15-10-12-8-9-16-14(17-12)11-18-13-6-4-3-5-7-13/h8-9,13,15H,2-7,10-11H2,1H3. The highest BCUT2D eigenvalue weighted by Crippen LogP contribution is 2.29. The second-order valence-corrected chi connectivity index (χ2v) is 6.10. The smallest absolute Gasteiger partial charge is 0.138 e. The van der Waals surface area contributed by atoms with Crippen molar-refractivity contribution >= 4 is 11.8 Å².